The molecule has 0 atom stereocenters. The number of amides is 1. The Morgan fingerprint density at radius 1 is 1.46 bits per heavy atom. The van der Waals surface area contributed by atoms with E-state index < -0.39 is 0 Å². The van der Waals surface area contributed by atoms with Crippen molar-refractivity contribution in [3.8, 4) is 5.75 Å². The van der Waals surface area contributed by atoms with Crippen molar-refractivity contribution in [2.75, 3.05) is 29.0 Å². The number of nitrogens with one attached hydrogen (secondary N) is 1. The zero-order valence-electron chi connectivity index (χ0n) is 14.0. The summed E-state index contributed by atoms with van der Waals surface area (Å²) < 4.78 is 5.97. The predicted octanol–water partition coefficient (Wildman–Crippen LogP) is 2.30. The van der Waals surface area contributed by atoms with E-state index in [4.69, 9.17) is 10.5 Å². The highest BCUT2D eigenvalue weighted by molar-refractivity contribution is 7.15. The number of nitrogens with two attached hydrogens (primary N) is 1. The number of fused-ring (bicyclic) bond motifs is 1. The second-order valence-electron chi connectivity index (χ2n) is 6.35. The topological polar surface area (TPSA) is 93.4 Å². The zero-order valence-corrected chi connectivity index (χ0v) is 14.8. The third-order valence-corrected chi connectivity index (χ3v) is 4.61. The normalized spacial score (nSPS) is 15.5. The molecule has 0 spiro atoms. The van der Waals surface area contributed by atoms with Crippen molar-refractivity contribution in [1.29, 1.82) is 0 Å². The molecule has 128 valence electrons. The molecule has 0 fully saturated rings. The number of ether oxygens (including phenoxy) is 1. The fourth-order valence-corrected chi connectivity index (χ4v) is 3.36. The molecule has 3 rings (SSSR count). The van der Waals surface area contributed by atoms with Gasteiger partial charge in [0, 0.05) is 5.69 Å². The quantitative estimate of drug-likeness (QED) is 0.824. The molecule has 0 saturated carbocycles. The van der Waals surface area contributed by atoms with Crippen LogP contribution in [0.5, 0.6) is 5.75 Å². The summed E-state index contributed by atoms with van der Waals surface area (Å²) in [5, 5.41) is 12.2. The number of anilines is 3. The zero-order chi connectivity index (χ0) is 17.3. The van der Waals surface area contributed by atoms with Gasteiger partial charge in [-0.25, -0.2) is 0 Å². The van der Waals surface area contributed by atoms with Gasteiger partial charge in [0.15, 0.2) is 0 Å². The van der Waals surface area contributed by atoms with Gasteiger partial charge in [0.1, 0.15) is 16.4 Å². The van der Waals surface area contributed by atoms with E-state index in [1.54, 1.807) is 6.07 Å². The highest BCUT2D eigenvalue weighted by Gasteiger charge is 2.32. The van der Waals surface area contributed by atoms with E-state index in [2.05, 4.69) is 15.5 Å². The first-order chi connectivity index (χ1) is 11.4. The van der Waals surface area contributed by atoms with Gasteiger partial charge in [-0.15, -0.1) is 10.2 Å². The van der Waals surface area contributed by atoms with Crippen molar-refractivity contribution >= 4 is 33.8 Å². The number of benzene rings is 1. The van der Waals surface area contributed by atoms with Crippen LogP contribution in [-0.2, 0) is 11.2 Å². The van der Waals surface area contributed by atoms with Gasteiger partial charge in [-0.1, -0.05) is 18.3 Å². The third kappa shape index (κ3) is 3.59. The number of carbonyl (C=O) groups is 1. The Hall–Kier alpha value is -2.35. The van der Waals surface area contributed by atoms with Gasteiger partial charge in [-0.3, -0.25) is 10.1 Å². The minimum absolute atomic E-state index is 0.139. The summed E-state index contributed by atoms with van der Waals surface area (Å²) in [6.07, 6.45) is 0.803. The largest absolute Gasteiger partial charge is 0.484 e. The fourth-order valence-electron chi connectivity index (χ4n) is 2.66. The second-order valence-corrected chi connectivity index (χ2v) is 7.41. The van der Waals surface area contributed by atoms with Crippen LogP contribution < -0.4 is 20.7 Å². The van der Waals surface area contributed by atoms with E-state index in [1.807, 2.05) is 37.8 Å². The molecule has 0 radical (unpaired) electrons. The van der Waals surface area contributed by atoms with Crippen molar-refractivity contribution in [1.82, 2.24) is 10.2 Å². The molecule has 0 bridgehead atoms. The van der Waals surface area contributed by atoms with Crippen LogP contribution in [0, 0.1) is 0 Å². The first-order valence-corrected chi connectivity index (χ1v) is 8.63. The van der Waals surface area contributed by atoms with Crippen molar-refractivity contribution in [2.24, 2.45) is 0 Å². The van der Waals surface area contributed by atoms with E-state index in [0.717, 1.165) is 22.9 Å². The van der Waals surface area contributed by atoms with Gasteiger partial charge in [-0.05, 0) is 38.5 Å². The van der Waals surface area contributed by atoms with Gasteiger partial charge in [0.2, 0.25) is 11.0 Å². The van der Waals surface area contributed by atoms with E-state index >= 15 is 0 Å². The molecule has 1 aromatic heterocycles. The first-order valence-electron chi connectivity index (χ1n) is 7.82. The number of hydrogen-bond acceptors (Lipinski definition) is 7. The van der Waals surface area contributed by atoms with Crippen molar-refractivity contribution < 1.29 is 9.53 Å². The van der Waals surface area contributed by atoms with Crippen LogP contribution in [0.4, 0.5) is 16.5 Å². The van der Waals surface area contributed by atoms with Crippen LogP contribution in [0.25, 0.3) is 0 Å². The number of nitrogens with zero attached hydrogens (tertiary/aromatic N) is 3. The number of carbonyl (C=O) groups excluding carboxylic acids is 1. The lowest BCUT2D eigenvalue weighted by Gasteiger charge is -2.40. The van der Waals surface area contributed by atoms with Crippen LogP contribution >= 0.6 is 11.3 Å². The van der Waals surface area contributed by atoms with Crippen LogP contribution in [0.2, 0.25) is 0 Å². The van der Waals surface area contributed by atoms with Crippen molar-refractivity contribution in [2.45, 2.75) is 32.8 Å². The summed E-state index contributed by atoms with van der Waals surface area (Å²) in [6.45, 7) is 6.78. The summed E-state index contributed by atoms with van der Waals surface area (Å²) in [5.41, 5.74) is 6.97. The number of aromatic nitrogens is 2. The number of hydrogen-bond donors (Lipinski definition) is 2. The molecular weight excluding hydrogens is 326 g/mol. The number of nitrogen functional groups attached to an aromatic ring is 1. The molecule has 0 unspecified atom stereocenters. The lowest BCUT2D eigenvalue weighted by atomic mass is 10.0. The predicted molar refractivity (Wildman–Crippen MR) is 95.7 cm³/mol. The van der Waals surface area contributed by atoms with Crippen LogP contribution in [0.3, 0.4) is 0 Å². The molecule has 2 heterocycles. The lowest BCUT2D eigenvalue weighted by Crippen LogP contribution is -2.49. The molecule has 1 amide bonds. The van der Waals surface area contributed by atoms with Crippen LogP contribution in [-0.4, -0.2) is 34.8 Å². The molecule has 8 heteroatoms. The minimum atomic E-state index is -0.387. The van der Waals surface area contributed by atoms with Crippen molar-refractivity contribution in [3.05, 3.63) is 23.2 Å². The first kappa shape index (κ1) is 16.5. The minimum Gasteiger partial charge on any atom is -0.484 e. The third-order valence-electron chi connectivity index (χ3n) is 3.63. The molecule has 7 nitrogen and oxygen atoms in total. The van der Waals surface area contributed by atoms with Gasteiger partial charge < -0.3 is 15.4 Å². The highest BCUT2D eigenvalue weighted by Crippen LogP contribution is 2.38. The molecule has 0 aliphatic carbocycles. The summed E-state index contributed by atoms with van der Waals surface area (Å²) in [4.78, 5) is 14.4. The molecule has 24 heavy (non-hydrogen) atoms. The van der Waals surface area contributed by atoms with Crippen molar-refractivity contribution in [3.63, 3.8) is 0 Å². The Bertz CT molecular complexity index is 759. The molecule has 1 aromatic carbocycles. The standard InChI is InChI=1S/C16H21N5O2S/c1-4-14-19-20-15(24-14)18-13(22)8-21-9-16(2,3)23-12-6-5-10(17)7-11(12)21/h5-7H,4,8-9,17H2,1-3H3,(H,18,20,22). The Morgan fingerprint density at radius 3 is 2.96 bits per heavy atom. The molecule has 0 saturated heterocycles. The van der Waals surface area contributed by atoms with E-state index in [0.29, 0.717) is 17.4 Å². The van der Waals surface area contributed by atoms with E-state index in [-0.39, 0.29) is 18.1 Å². The maximum absolute atomic E-state index is 12.4. The number of rotatable bonds is 4. The molecule has 3 N–H and O–H groups in total. The maximum atomic E-state index is 12.4. The van der Waals surface area contributed by atoms with Crippen LogP contribution in [0.15, 0.2) is 18.2 Å². The SMILES string of the molecule is CCc1nnc(NC(=O)CN2CC(C)(C)Oc3ccc(N)cc32)s1. The summed E-state index contributed by atoms with van der Waals surface area (Å²) in [7, 11) is 0. The molecule has 1 aliphatic heterocycles. The van der Waals surface area contributed by atoms with Gasteiger partial charge in [0.25, 0.3) is 0 Å². The van der Waals surface area contributed by atoms with Gasteiger partial charge in [0.05, 0.1) is 18.8 Å². The Labute approximate surface area is 144 Å². The van der Waals surface area contributed by atoms with E-state index in [9.17, 15) is 4.79 Å². The fraction of sp³-hybridized carbons (Fsp3) is 0.438. The number of aryl methyl sites for hydroxylation is 1. The summed E-state index contributed by atoms with van der Waals surface area (Å²) >= 11 is 1.39. The van der Waals surface area contributed by atoms with Crippen LogP contribution in [0.1, 0.15) is 25.8 Å². The highest BCUT2D eigenvalue weighted by atomic mass is 32.1. The Morgan fingerprint density at radius 2 is 2.25 bits per heavy atom. The second kappa shape index (κ2) is 6.27. The summed E-state index contributed by atoms with van der Waals surface area (Å²) in [6, 6.07) is 5.47. The maximum Gasteiger partial charge on any atom is 0.245 e. The molecular formula is C16H21N5O2S. The monoisotopic (exact) mass is 347 g/mol. The summed E-state index contributed by atoms with van der Waals surface area (Å²) in [5.74, 6) is 0.595. The lowest BCUT2D eigenvalue weighted by molar-refractivity contribution is -0.115. The average Bonchev–Trinajstić information content (AvgIpc) is 2.94. The Balaban J connectivity index is 1.76. The average molecular weight is 347 g/mol. The van der Waals surface area contributed by atoms with E-state index in [1.165, 1.54) is 11.3 Å². The van der Waals surface area contributed by atoms with Gasteiger partial charge in [-0.2, -0.15) is 0 Å². The Kier molecular flexibility index (Phi) is 4.31. The van der Waals surface area contributed by atoms with Gasteiger partial charge >= 0.3 is 0 Å². The smallest absolute Gasteiger partial charge is 0.245 e. The molecule has 2 aromatic rings. The molecule has 1 aliphatic rings.